The van der Waals surface area contributed by atoms with Crippen LogP contribution in [0.3, 0.4) is 0 Å². The van der Waals surface area contributed by atoms with Crippen LogP contribution in [0.5, 0.6) is 0 Å². The van der Waals surface area contributed by atoms with E-state index in [0.717, 1.165) is 10.0 Å². The van der Waals surface area contributed by atoms with Gasteiger partial charge in [0.1, 0.15) is 0 Å². The summed E-state index contributed by atoms with van der Waals surface area (Å²) in [5.74, 6) is 0. The van der Waals surface area contributed by atoms with E-state index in [4.69, 9.17) is 0 Å². The van der Waals surface area contributed by atoms with E-state index in [-0.39, 0.29) is 5.69 Å². The summed E-state index contributed by atoms with van der Waals surface area (Å²) in [5.41, 5.74) is 0.834. The lowest BCUT2D eigenvalue weighted by molar-refractivity contribution is 0.725. The molecular formula is C11H9BrN2O. The van der Waals surface area contributed by atoms with Gasteiger partial charge >= 0.3 is 5.69 Å². The first-order chi connectivity index (χ1) is 7.27. The third-order valence-corrected chi connectivity index (χ3v) is 2.85. The Morgan fingerprint density at radius 3 is 2.80 bits per heavy atom. The second-order valence-corrected chi connectivity index (χ2v) is 3.98. The topological polar surface area (TPSA) is 34.9 Å². The van der Waals surface area contributed by atoms with Gasteiger partial charge in [-0.25, -0.2) is 9.78 Å². The van der Waals surface area contributed by atoms with Crippen LogP contribution >= 0.6 is 15.9 Å². The van der Waals surface area contributed by atoms with Gasteiger partial charge in [0.15, 0.2) is 0 Å². The molecule has 1 heterocycles. The first-order valence-corrected chi connectivity index (χ1v) is 5.31. The Balaban J connectivity index is 2.34. The lowest BCUT2D eigenvalue weighted by atomic mass is 10.2. The normalized spacial score (nSPS) is 10.2. The van der Waals surface area contributed by atoms with Crippen molar-refractivity contribution in [2.45, 2.75) is 6.54 Å². The summed E-state index contributed by atoms with van der Waals surface area (Å²) in [5, 5.41) is 0. The van der Waals surface area contributed by atoms with E-state index >= 15 is 0 Å². The third kappa shape index (κ3) is 2.33. The Labute approximate surface area is 95.5 Å². The summed E-state index contributed by atoms with van der Waals surface area (Å²) in [4.78, 5) is 15.1. The SMILES string of the molecule is O=c1ncccn1Cc1ccccc1Br. The van der Waals surface area contributed by atoms with Crippen molar-refractivity contribution in [3.63, 3.8) is 0 Å². The van der Waals surface area contributed by atoms with Crippen LogP contribution in [-0.2, 0) is 6.54 Å². The van der Waals surface area contributed by atoms with Gasteiger partial charge in [-0.15, -0.1) is 0 Å². The molecule has 0 saturated carbocycles. The Kier molecular flexibility index (Phi) is 2.97. The minimum atomic E-state index is -0.228. The molecule has 0 bridgehead atoms. The molecule has 1 aromatic heterocycles. The van der Waals surface area contributed by atoms with Crippen molar-refractivity contribution in [3.8, 4) is 0 Å². The number of hydrogen-bond donors (Lipinski definition) is 0. The molecule has 0 spiro atoms. The van der Waals surface area contributed by atoms with Crippen LogP contribution in [0.1, 0.15) is 5.56 Å². The van der Waals surface area contributed by atoms with Gasteiger partial charge in [-0.3, -0.25) is 4.57 Å². The molecule has 0 amide bonds. The predicted molar refractivity (Wildman–Crippen MR) is 61.7 cm³/mol. The van der Waals surface area contributed by atoms with Gasteiger partial charge < -0.3 is 0 Å². The first kappa shape index (κ1) is 10.1. The largest absolute Gasteiger partial charge is 0.347 e. The number of aromatic nitrogens is 2. The van der Waals surface area contributed by atoms with Crippen molar-refractivity contribution in [1.82, 2.24) is 9.55 Å². The fourth-order valence-electron chi connectivity index (χ4n) is 1.32. The predicted octanol–water partition coefficient (Wildman–Crippen LogP) is 2.05. The average Bonchev–Trinajstić information content (AvgIpc) is 2.24. The molecule has 3 nitrogen and oxygen atoms in total. The number of rotatable bonds is 2. The Morgan fingerprint density at radius 1 is 1.27 bits per heavy atom. The van der Waals surface area contributed by atoms with E-state index < -0.39 is 0 Å². The molecule has 2 aromatic rings. The monoisotopic (exact) mass is 264 g/mol. The van der Waals surface area contributed by atoms with Crippen molar-refractivity contribution >= 4 is 15.9 Å². The second kappa shape index (κ2) is 4.40. The Morgan fingerprint density at radius 2 is 2.07 bits per heavy atom. The fourth-order valence-corrected chi connectivity index (χ4v) is 1.73. The first-order valence-electron chi connectivity index (χ1n) is 4.52. The molecular weight excluding hydrogens is 256 g/mol. The summed E-state index contributed by atoms with van der Waals surface area (Å²) in [6.07, 6.45) is 3.23. The standard InChI is InChI=1S/C11H9BrN2O/c12-10-5-2-1-4-9(10)8-14-7-3-6-13-11(14)15/h1-7H,8H2. The van der Waals surface area contributed by atoms with E-state index in [2.05, 4.69) is 20.9 Å². The lowest BCUT2D eigenvalue weighted by Gasteiger charge is -2.05. The van der Waals surface area contributed by atoms with E-state index in [0.29, 0.717) is 6.54 Å². The highest BCUT2D eigenvalue weighted by atomic mass is 79.9. The fraction of sp³-hybridized carbons (Fsp3) is 0.0909. The summed E-state index contributed by atoms with van der Waals surface area (Å²) in [6.45, 7) is 0.536. The Bertz CT molecular complexity index is 522. The van der Waals surface area contributed by atoms with Gasteiger partial charge in [0.25, 0.3) is 0 Å². The van der Waals surface area contributed by atoms with Crippen molar-refractivity contribution in [2.24, 2.45) is 0 Å². The molecule has 76 valence electrons. The van der Waals surface area contributed by atoms with Crippen molar-refractivity contribution in [2.75, 3.05) is 0 Å². The maximum atomic E-state index is 11.4. The van der Waals surface area contributed by atoms with Crippen molar-refractivity contribution in [1.29, 1.82) is 0 Å². The Hall–Kier alpha value is -1.42. The molecule has 0 fully saturated rings. The van der Waals surface area contributed by atoms with E-state index in [9.17, 15) is 4.79 Å². The minimum absolute atomic E-state index is 0.228. The molecule has 0 radical (unpaired) electrons. The summed E-state index contributed by atoms with van der Waals surface area (Å²) < 4.78 is 2.57. The van der Waals surface area contributed by atoms with E-state index in [1.807, 2.05) is 24.3 Å². The molecule has 0 N–H and O–H groups in total. The number of nitrogens with zero attached hydrogens (tertiary/aromatic N) is 2. The number of benzene rings is 1. The van der Waals surface area contributed by atoms with Gasteiger partial charge in [0, 0.05) is 16.9 Å². The van der Waals surface area contributed by atoms with Crippen LogP contribution < -0.4 is 5.69 Å². The van der Waals surface area contributed by atoms with Crippen molar-refractivity contribution < 1.29 is 0 Å². The quantitative estimate of drug-likeness (QED) is 0.833. The highest BCUT2D eigenvalue weighted by Gasteiger charge is 2.00. The lowest BCUT2D eigenvalue weighted by Crippen LogP contribution is -2.21. The maximum Gasteiger partial charge on any atom is 0.347 e. The van der Waals surface area contributed by atoms with Gasteiger partial charge in [0.2, 0.25) is 0 Å². The molecule has 2 rings (SSSR count). The number of hydrogen-bond acceptors (Lipinski definition) is 2. The molecule has 0 aliphatic carbocycles. The summed E-state index contributed by atoms with van der Waals surface area (Å²) in [7, 11) is 0. The zero-order chi connectivity index (χ0) is 10.7. The van der Waals surface area contributed by atoms with E-state index in [1.54, 1.807) is 16.8 Å². The average molecular weight is 265 g/mol. The van der Waals surface area contributed by atoms with E-state index in [1.165, 1.54) is 6.20 Å². The van der Waals surface area contributed by atoms with Crippen LogP contribution in [0, 0.1) is 0 Å². The highest BCUT2D eigenvalue weighted by Crippen LogP contribution is 2.16. The van der Waals surface area contributed by atoms with Crippen LogP contribution in [0.4, 0.5) is 0 Å². The molecule has 0 unspecified atom stereocenters. The molecule has 0 aliphatic rings. The third-order valence-electron chi connectivity index (χ3n) is 2.08. The maximum absolute atomic E-state index is 11.4. The zero-order valence-electron chi connectivity index (χ0n) is 7.93. The molecule has 1 aromatic carbocycles. The van der Waals surface area contributed by atoms with Crippen LogP contribution in [-0.4, -0.2) is 9.55 Å². The van der Waals surface area contributed by atoms with Crippen molar-refractivity contribution in [3.05, 3.63) is 63.2 Å². The summed E-state index contributed by atoms with van der Waals surface area (Å²) in [6, 6.07) is 9.57. The molecule has 15 heavy (non-hydrogen) atoms. The smallest absolute Gasteiger partial charge is 0.295 e. The number of halogens is 1. The molecule has 4 heteroatoms. The van der Waals surface area contributed by atoms with Gasteiger partial charge in [-0.05, 0) is 17.7 Å². The minimum Gasteiger partial charge on any atom is -0.295 e. The van der Waals surface area contributed by atoms with Crippen LogP contribution in [0.15, 0.2) is 52.0 Å². The summed E-state index contributed by atoms with van der Waals surface area (Å²) >= 11 is 3.44. The molecule has 0 saturated heterocycles. The van der Waals surface area contributed by atoms with Gasteiger partial charge in [-0.2, -0.15) is 0 Å². The van der Waals surface area contributed by atoms with Crippen LogP contribution in [0.2, 0.25) is 0 Å². The van der Waals surface area contributed by atoms with Crippen LogP contribution in [0.25, 0.3) is 0 Å². The zero-order valence-corrected chi connectivity index (χ0v) is 9.52. The molecule has 0 atom stereocenters. The van der Waals surface area contributed by atoms with Gasteiger partial charge in [-0.1, -0.05) is 34.1 Å². The second-order valence-electron chi connectivity index (χ2n) is 3.12. The van der Waals surface area contributed by atoms with Gasteiger partial charge in [0.05, 0.1) is 6.54 Å². The molecule has 0 aliphatic heterocycles. The highest BCUT2D eigenvalue weighted by molar-refractivity contribution is 9.10.